The summed E-state index contributed by atoms with van der Waals surface area (Å²) < 4.78 is 4.55. The monoisotopic (exact) mass is 587 g/mol. The maximum absolute atomic E-state index is 5.23. The van der Waals surface area contributed by atoms with Gasteiger partial charge in [-0.25, -0.2) is 15.0 Å². The number of hydrogen-bond donors (Lipinski definition) is 0. The van der Waals surface area contributed by atoms with Crippen molar-refractivity contribution in [3.8, 4) is 28.5 Å². The van der Waals surface area contributed by atoms with Crippen LogP contribution in [0, 0.1) is 0 Å². The molecule has 46 heavy (non-hydrogen) atoms. The van der Waals surface area contributed by atoms with E-state index in [0.29, 0.717) is 5.95 Å². The molecule has 10 aromatic rings. The number of para-hydroxylation sites is 3. The lowest BCUT2D eigenvalue weighted by Crippen LogP contribution is -2.04. The number of benzene rings is 6. The summed E-state index contributed by atoms with van der Waals surface area (Å²) in [6.07, 6.45) is 0. The molecule has 0 saturated carbocycles. The van der Waals surface area contributed by atoms with Gasteiger partial charge in [-0.15, -0.1) is 0 Å². The molecule has 0 unspecified atom stereocenters. The first-order valence-electron chi connectivity index (χ1n) is 15.5. The first kappa shape index (κ1) is 25.0. The van der Waals surface area contributed by atoms with Gasteiger partial charge in [0.25, 0.3) is 0 Å². The van der Waals surface area contributed by atoms with Crippen molar-refractivity contribution in [3.05, 3.63) is 152 Å². The fraction of sp³-hybridized carbons (Fsp3) is 0. The first-order valence-corrected chi connectivity index (χ1v) is 15.5. The number of fused-ring (bicyclic) bond motifs is 12. The second kappa shape index (κ2) is 9.58. The molecule has 0 radical (unpaired) electrons. The summed E-state index contributed by atoms with van der Waals surface area (Å²) in [7, 11) is 0. The molecule has 0 saturated heterocycles. The standard InChI is InChI=1S/C41H25N5/c1-3-13-26(14-4-1)32-25-33(27-15-5-2-6-16-27)44-41(43-32)46-34-21-11-9-19-30(34)39-37(46)24-23-36-38(39)28-17-7-8-18-29(28)40-42-31-20-10-12-22-35(31)45(36)40/h1-25H. The van der Waals surface area contributed by atoms with Crippen LogP contribution in [-0.4, -0.2) is 23.9 Å². The number of aromatic nitrogens is 5. The fourth-order valence-corrected chi connectivity index (χ4v) is 7.12. The van der Waals surface area contributed by atoms with E-state index in [-0.39, 0.29) is 0 Å². The van der Waals surface area contributed by atoms with E-state index in [4.69, 9.17) is 15.0 Å². The van der Waals surface area contributed by atoms with Gasteiger partial charge in [0.15, 0.2) is 0 Å². The Balaban J connectivity index is 1.38. The number of pyridine rings is 1. The summed E-state index contributed by atoms with van der Waals surface area (Å²) in [6, 6.07) is 52.9. The number of rotatable bonds is 3. The Morgan fingerprint density at radius 1 is 0.391 bits per heavy atom. The molecular weight excluding hydrogens is 562 g/mol. The van der Waals surface area contributed by atoms with Crippen molar-refractivity contribution < 1.29 is 0 Å². The Morgan fingerprint density at radius 3 is 1.65 bits per heavy atom. The zero-order valence-electron chi connectivity index (χ0n) is 24.7. The molecule has 0 atom stereocenters. The molecule has 0 bridgehead atoms. The van der Waals surface area contributed by atoms with Gasteiger partial charge < -0.3 is 0 Å². The average Bonchev–Trinajstić information content (AvgIpc) is 3.69. The van der Waals surface area contributed by atoms with Crippen LogP contribution in [0.5, 0.6) is 0 Å². The van der Waals surface area contributed by atoms with Gasteiger partial charge in [-0.1, -0.05) is 115 Å². The summed E-state index contributed by atoms with van der Waals surface area (Å²) in [5.41, 5.74) is 10.2. The predicted octanol–water partition coefficient (Wildman–Crippen LogP) is 10.0. The molecule has 0 aliphatic rings. The molecule has 0 aliphatic carbocycles. The molecule has 10 rings (SSSR count). The van der Waals surface area contributed by atoms with Gasteiger partial charge in [0.05, 0.1) is 39.0 Å². The maximum Gasteiger partial charge on any atom is 0.235 e. The van der Waals surface area contributed by atoms with Crippen molar-refractivity contribution in [2.45, 2.75) is 0 Å². The Bertz CT molecular complexity index is 2740. The highest BCUT2D eigenvalue weighted by Gasteiger charge is 2.22. The molecule has 4 aromatic heterocycles. The van der Waals surface area contributed by atoms with E-state index in [1.807, 2.05) is 12.1 Å². The second-order valence-electron chi connectivity index (χ2n) is 11.7. The number of imidazole rings is 1. The third kappa shape index (κ3) is 3.54. The highest BCUT2D eigenvalue weighted by molar-refractivity contribution is 6.29. The minimum atomic E-state index is 0.643. The van der Waals surface area contributed by atoms with Crippen LogP contribution in [0.25, 0.3) is 88.6 Å². The first-order chi connectivity index (χ1) is 22.8. The Kier molecular flexibility index (Phi) is 5.22. The van der Waals surface area contributed by atoms with E-state index in [2.05, 4.69) is 148 Å². The van der Waals surface area contributed by atoms with Crippen LogP contribution in [0.2, 0.25) is 0 Å². The van der Waals surface area contributed by atoms with Gasteiger partial charge >= 0.3 is 0 Å². The zero-order valence-corrected chi connectivity index (χ0v) is 24.7. The molecule has 0 N–H and O–H groups in total. The quantitative estimate of drug-likeness (QED) is 0.193. The van der Waals surface area contributed by atoms with Crippen LogP contribution in [0.4, 0.5) is 0 Å². The summed E-state index contributed by atoms with van der Waals surface area (Å²) in [6.45, 7) is 0. The molecule has 0 fully saturated rings. The van der Waals surface area contributed by atoms with Crippen LogP contribution in [-0.2, 0) is 0 Å². The number of hydrogen-bond acceptors (Lipinski definition) is 3. The Hall–Kier alpha value is -6.33. The van der Waals surface area contributed by atoms with E-state index in [9.17, 15) is 0 Å². The smallest absolute Gasteiger partial charge is 0.235 e. The zero-order chi connectivity index (χ0) is 30.2. The second-order valence-corrected chi connectivity index (χ2v) is 11.7. The van der Waals surface area contributed by atoms with E-state index in [1.165, 1.54) is 16.2 Å². The molecule has 4 heterocycles. The van der Waals surface area contributed by atoms with E-state index >= 15 is 0 Å². The van der Waals surface area contributed by atoms with E-state index < -0.39 is 0 Å². The van der Waals surface area contributed by atoms with Gasteiger partial charge in [-0.3, -0.25) is 8.97 Å². The predicted molar refractivity (Wildman–Crippen MR) is 189 cm³/mol. The minimum Gasteiger partial charge on any atom is -0.292 e. The normalized spacial score (nSPS) is 11.9. The lowest BCUT2D eigenvalue weighted by Gasteiger charge is -2.13. The van der Waals surface area contributed by atoms with Gasteiger partial charge in [0.2, 0.25) is 5.95 Å². The topological polar surface area (TPSA) is 48.0 Å². The average molecular weight is 588 g/mol. The van der Waals surface area contributed by atoms with E-state index in [1.54, 1.807) is 0 Å². The van der Waals surface area contributed by atoms with Crippen LogP contribution >= 0.6 is 0 Å². The molecule has 6 aromatic carbocycles. The van der Waals surface area contributed by atoms with Crippen molar-refractivity contribution >= 4 is 60.2 Å². The van der Waals surface area contributed by atoms with Gasteiger partial charge in [0.1, 0.15) is 5.65 Å². The molecule has 5 heteroatoms. The maximum atomic E-state index is 5.23. The van der Waals surface area contributed by atoms with Gasteiger partial charge in [-0.2, -0.15) is 0 Å². The van der Waals surface area contributed by atoms with E-state index in [0.717, 1.165) is 66.5 Å². The van der Waals surface area contributed by atoms with Crippen molar-refractivity contribution in [1.29, 1.82) is 0 Å². The molecule has 214 valence electrons. The summed E-state index contributed by atoms with van der Waals surface area (Å²) in [5, 5.41) is 5.84. The highest BCUT2D eigenvalue weighted by atomic mass is 15.2. The number of nitrogens with zero attached hydrogens (tertiary/aromatic N) is 5. The van der Waals surface area contributed by atoms with Crippen molar-refractivity contribution in [2.24, 2.45) is 0 Å². The van der Waals surface area contributed by atoms with Gasteiger partial charge in [0, 0.05) is 32.7 Å². The SMILES string of the molecule is c1ccc(-c2cc(-c3ccccc3)nc(-n3c4ccccc4c4c5c6ccccc6c6nc7ccccc7n6c5ccc43)n2)cc1. The molecule has 0 amide bonds. The summed E-state index contributed by atoms with van der Waals surface area (Å²) in [4.78, 5) is 15.6. The van der Waals surface area contributed by atoms with Gasteiger partial charge in [-0.05, 0) is 41.8 Å². The van der Waals surface area contributed by atoms with Crippen molar-refractivity contribution in [3.63, 3.8) is 0 Å². The van der Waals surface area contributed by atoms with Crippen LogP contribution < -0.4 is 0 Å². The lowest BCUT2D eigenvalue weighted by atomic mass is 10.0. The molecule has 0 spiro atoms. The molecule has 5 nitrogen and oxygen atoms in total. The minimum absolute atomic E-state index is 0.643. The largest absolute Gasteiger partial charge is 0.292 e. The van der Waals surface area contributed by atoms with Crippen LogP contribution in [0.15, 0.2) is 152 Å². The summed E-state index contributed by atoms with van der Waals surface area (Å²) >= 11 is 0. The fourth-order valence-electron chi connectivity index (χ4n) is 7.12. The third-order valence-corrected chi connectivity index (χ3v) is 9.11. The third-order valence-electron chi connectivity index (χ3n) is 9.11. The Morgan fingerprint density at radius 2 is 0.935 bits per heavy atom. The lowest BCUT2D eigenvalue weighted by molar-refractivity contribution is 0.996. The van der Waals surface area contributed by atoms with Crippen molar-refractivity contribution in [2.75, 3.05) is 0 Å². The van der Waals surface area contributed by atoms with Crippen LogP contribution in [0.1, 0.15) is 0 Å². The Labute approximate surface area is 263 Å². The summed E-state index contributed by atoms with van der Waals surface area (Å²) in [5.74, 6) is 0.643. The van der Waals surface area contributed by atoms with Crippen LogP contribution in [0.3, 0.4) is 0 Å². The molecular formula is C41H25N5. The molecule has 0 aliphatic heterocycles. The van der Waals surface area contributed by atoms with Crippen molar-refractivity contribution in [1.82, 2.24) is 23.9 Å². The highest BCUT2D eigenvalue weighted by Crippen LogP contribution is 2.41.